The standard InChI is InChI=1S/C17H22N2O/c1-3-4-17(20)18-13-15-5-7-16(8-6-15)19-11-9-14(2)10-12-19/h5-8,14H,9-13H2,1-2H3,(H,18,20). The van der Waals surface area contributed by atoms with Gasteiger partial charge in [-0.3, -0.25) is 4.79 Å². The van der Waals surface area contributed by atoms with E-state index in [1.807, 2.05) is 0 Å². The van der Waals surface area contributed by atoms with Crippen molar-refractivity contribution in [2.75, 3.05) is 18.0 Å². The zero-order valence-corrected chi connectivity index (χ0v) is 12.3. The summed E-state index contributed by atoms with van der Waals surface area (Å²) in [6.45, 7) is 6.80. The quantitative estimate of drug-likeness (QED) is 0.856. The maximum Gasteiger partial charge on any atom is 0.296 e. The molecule has 3 heteroatoms. The zero-order chi connectivity index (χ0) is 14.4. The highest BCUT2D eigenvalue weighted by atomic mass is 16.1. The number of anilines is 1. The van der Waals surface area contributed by atoms with E-state index in [1.54, 1.807) is 6.92 Å². The van der Waals surface area contributed by atoms with Crippen molar-refractivity contribution in [2.24, 2.45) is 5.92 Å². The first-order valence-electron chi connectivity index (χ1n) is 7.23. The molecule has 0 atom stereocenters. The van der Waals surface area contributed by atoms with E-state index in [0.29, 0.717) is 6.54 Å². The van der Waals surface area contributed by atoms with Crippen molar-refractivity contribution in [3.8, 4) is 11.8 Å². The molecule has 1 N–H and O–H groups in total. The van der Waals surface area contributed by atoms with Gasteiger partial charge in [-0.05, 0) is 49.3 Å². The predicted octanol–water partition coefficient (Wildman–Crippen LogP) is 2.56. The van der Waals surface area contributed by atoms with E-state index in [4.69, 9.17) is 0 Å². The number of hydrogen-bond acceptors (Lipinski definition) is 2. The van der Waals surface area contributed by atoms with Gasteiger partial charge in [0.15, 0.2) is 0 Å². The lowest BCUT2D eigenvalue weighted by Crippen LogP contribution is -2.32. The fraction of sp³-hybridized carbons (Fsp3) is 0.471. The van der Waals surface area contributed by atoms with Crippen molar-refractivity contribution in [3.63, 3.8) is 0 Å². The topological polar surface area (TPSA) is 32.3 Å². The minimum absolute atomic E-state index is 0.221. The van der Waals surface area contributed by atoms with Crippen molar-refractivity contribution >= 4 is 11.6 Å². The highest BCUT2D eigenvalue weighted by molar-refractivity contribution is 5.93. The summed E-state index contributed by atoms with van der Waals surface area (Å²) < 4.78 is 0. The van der Waals surface area contributed by atoms with Gasteiger partial charge >= 0.3 is 0 Å². The SMILES string of the molecule is CC#CC(=O)NCc1ccc(N2CCC(C)CC2)cc1. The van der Waals surface area contributed by atoms with Crippen LogP contribution in [0.2, 0.25) is 0 Å². The molecule has 0 saturated carbocycles. The third-order valence-corrected chi connectivity index (χ3v) is 3.78. The molecule has 0 aromatic heterocycles. The van der Waals surface area contributed by atoms with Crippen molar-refractivity contribution in [3.05, 3.63) is 29.8 Å². The molecule has 1 saturated heterocycles. The average molecular weight is 270 g/mol. The number of nitrogens with zero attached hydrogens (tertiary/aromatic N) is 1. The summed E-state index contributed by atoms with van der Waals surface area (Å²) in [7, 11) is 0. The van der Waals surface area contributed by atoms with Gasteiger partial charge in [0.25, 0.3) is 5.91 Å². The van der Waals surface area contributed by atoms with Crippen LogP contribution in [0.4, 0.5) is 5.69 Å². The Bertz CT molecular complexity index is 502. The number of carbonyl (C=O) groups is 1. The number of rotatable bonds is 3. The molecule has 1 aromatic carbocycles. The fourth-order valence-corrected chi connectivity index (χ4v) is 2.43. The van der Waals surface area contributed by atoms with Gasteiger partial charge in [-0.25, -0.2) is 0 Å². The molecule has 1 amide bonds. The predicted molar refractivity (Wildman–Crippen MR) is 82.3 cm³/mol. The van der Waals surface area contributed by atoms with Gasteiger partial charge in [0.05, 0.1) is 0 Å². The summed E-state index contributed by atoms with van der Waals surface area (Å²) in [5, 5.41) is 2.78. The lowest BCUT2D eigenvalue weighted by Gasteiger charge is -2.32. The van der Waals surface area contributed by atoms with Gasteiger partial charge < -0.3 is 10.2 Å². The summed E-state index contributed by atoms with van der Waals surface area (Å²) in [6.07, 6.45) is 2.54. The Hall–Kier alpha value is -1.95. The molecule has 0 unspecified atom stereocenters. The van der Waals surface area contributed by atoms with Gasteiger partial charge in [0.1, 0.15) is 0 Å². The van der Waals surface area contributed by atoms with Crippen LogP contribution in [-0.2, 0) is 11.3 Å². The summed E-state index contributed by atoms with van der Waals surface area (Å²) in [5.41, 5.74) is 2.38. The second-order valence-corrected chi connectivity index (χ2v) is 5.39. The molecule has 0 bridgehead atoms. The van der Waals surface area contributed by atoms with Crippen LogP contribution < -0.4 is 10.2 Å². The summed E-state index contributed by atoms with van der Waals surface area (Å²) in [6, 6.07) is 8.44. The molecule has 1 heterocycles. The first-order chi connectivity index (χ1) is 9.69. The van der Waals surface area contributed by atoms with Crippen LogP contribution >= 0.6 is 0 Å². The molecule has 20 heavy (non-hydrogen) atoms. The smallest absolute Gasteiger partial charge is 0.296 e. The van der Waals surface area contributed by atoms with Gasteiger partial charge in [0.2, 0.25) is 0 Å². The average Bonchev–Trinajstić information content (AvgIpc) is 2.47. The van der Waals surface area contributed by atoms with Crippen LogP contribution in [0.25, 0.3) is 0 Å². The second kappa shape index (κ2) is 7.00. The molecule has 0 spiro atoms. The minimum atomic E-state index is -0.221. The first kappa shape index (κ1) is 14.5. The largest absolute Gasteiger partial charge is 0.372 e. The Kier molecular flexibility index (Phi) is 5.06. The van der Waals surface area contributed by atoms with Gasteiger partial charge in [-0.2, -0.15) is 0 Å². The normalized spacial score (nSPS) is 15.4. The van der Waals surface area contributed by atoms with Crippen LogP contribution in [0.1, 0.15) is 32.3 Å². The van der Waals surface area contributed by atoms with Crippen molar-refractivity contribution in [2.45, 2.75) is 33.2 Å². The summed E-state index contributed by atoms with van der Waals surface area (Å²) in [4.78, 5) is 13.7. The molecule has 3 nitrogen and oxygen atoms in total. The van der Waals surface area contributed by atoms with E-state index < -0.39 is 0 Å². The van der Waals surface area contributed by atoms with E-state index in [9.17, 15) is 4.79 Å². The Balaban J connectivity index is 1.89. The Morgan fingerprint density at radius 3 is 2.55 bits per heavy atom. The molecule has 0 aliphatic carbocycles. The highest BCUT2D eigenvalue weighted by Gasteiger charge is 2.15. The first-order valence-corrected chi connectivity index (χ1v) is 7.23. The van der Waals surface area contributed by atoms with E-state index in [1.165, 1.54) is 18.5 Å². The van der Waals surface area contributed by atoms with Crippen LogP contribution in [0.3, 0.4) is 0 Å². The van der Waals surface area contributed by atoms with Crippen LogP contribution in [0.5, 0.6) is 0 Å². The third-order valence-electron chi connectivity index (χ3n) is 3.78. The van der Waals surface area contributed by atoms with Crippen LogP contribution in [-0.4, -0.2) is 19.0 Å². The van der Waals surface area contributed by atoms with E-state index in [0.717, 1.165) is 24.6 Å². The van der Waals surface area contributed by atoms with Crippen molar-refractivity contribution in [1.29, 1.82) is 0 Å². The number of piperidine rings is 1. The molecule has 106 valence electrons. The number of hydrogen-bond donors (Lipinski definition) is 1. The lowest BCUT2D eigenvalue weighted by atomic mass is 9.99. The number of benzene rings is 1. The monoisotopic (exact) mass is 270 g/mol. The zero-order valence-electron chi connectivity index (χ0n) is 12.3. The molecular formula is C17H22N2O. The summed E-state index contributed by atoms with van der Waals surface area (Å²) >= 11 is 0. The molecule has 1 aliphatic rings. The fourth-order valence-electron chi connectivity index (χ4n) is 2.43. The molecule has 1 aliphatic heterocycles. The molecule has 2 rings (SSSR count). The number of nitrogens with one attached hydrogen (secondary N) is 1. The molecular weight excluding hydrogens is 248 g/mol. The molecule has 1 aromatic rings. The Morgan fingerprint density at radius 1 is 1.30 bits per heavy atom. The minimum Gasteiger partial charge on any atom is -0.372 e. The Labute approximate surface area is 121 Å². The summed E-state index contributed by atoms with van der Waals surface area (Å²) in [5.74, 6) is 5.69. The van der Waals surface area contributed by atoms with Gasteiger partial charge in [0, 0.05) is 25.3 Å². The molecule has 1 fully saturated rings. The van der Waals surface area contributed by atoms with E-state index in [2.05, 4.69) is 53.2 Å². The van der Waals surface area contributed by atoms with Crippen molar-refractivity contribution in [1.82, 2.24) is 5.32 Å². The van der Waals surface area contributed by atoms with Gasteiger partial charge in [-0.15, -0.1) is 0 Å². The molecule has 0 radical (unpaired) electrons. The van der Waals surface area contributed by atoms with Crippen molar-refractivity contribution < 1.29 is 4.79 Å². The highest BCUT2D eigenvalue weighted by Crippen LogP contribution is 2.23. The maximum atomic E-state index is 11.3. The van der Waals surface area contributed by atoms with E-state index in [-0.39, 0.29) is 5.91 Å². The van der Waals surface area contributed by atoms with Crippen LogP contribution in [0, 0.1) is 17.8 Å². The Morgan fingerprint density at radius 2 is 1.95 bits per heavy atom. The second-order valence-electron chi connectivity index (χ2n) is 5.39. The third kappa shape index (κ3) is 4.03. The van der Waals surface area contributed by atoms with Crippen LogP contribution in [0.15, 0.2) is 24.3 Å². The van der Waals surface area contributed by atoms with E-state index >= 15 is 0 Å². The maximum absolute atomic E-state index is 11.3. The lowest BCUT2D eigenvalue weighted by molar-refractivity contribution is -0.115. The number of carbonyl (C=O) groups excluding carboxylic acids is 1. The number of amides is 1. The van der Waals surface area contributed by atoms with Gasteiger partial charge in [-0.1, -0.05) is 25.0 Å².